The summed E-state index contributed by atoms with van der Waals surface area (Å²) in [5.41, 5.74) is 4.71. The van der Waals surface area contributed by atoms with Crippen molar-refractivity contribution in [2.24, 2.45) is 0 Å². The third-order valence-electron chi connectivity index (χ3n) is 8.00. The Morgan fingerprint density at radius 3 is 2.73 bits per heavy atom. The molecule has 4 heterocycles. The van der Waals surface area contributed by atoms with Crippen LogP contribution in [-0.4, -0.2) is 83.3 Å². The number of hydrogen-bond donors (Lipinski definition) is 2. The summed E-state index contributed by atoms with van der Waals surface area (Å²) in [6.07, 6.45) is 4.74. The van der Waals surface area contributed by atoms with Crippen LogP contribution in [0.5, 0.6) is 5.75 Å². The lowest BCUT2D eigenvalue weighted by Gasteiger charge is -2.26. The van der Waals surface area contributed by atoms with Gasteiger partial charge in [-0.3, -0.25) is 9.63 Å². The van der Waals surface area contributed by atoms with Crippen LogP contribution in [0.3, 0.4) is 0 Å². The summed E-state index contributed by atoms with van der Waals surface area (Å²) in [5, 5.41) is 12.2. The SMILES string of the molecule is C=CC(=O)Nc1cc(Nc2cc(N3OCC[C@@H]3c3cc(F)cc(-c4cccc5ncnn45)c3)ncn2)c(OC)cc1N(C)CCN(C)C. The molecule has 0 aliphatic carbocycles. The minimum Gasteiger partial charge on any atom is -0.494 e. The first kappa shape index (κ1) is 32.3. The van der Waals surface area contributed by atoms with E-state index in [1.165, 1.54) is 30.9 Å². The van der Waals surface area contributed by atoms with Gasteiger partial charge in [0.15, 0.2) is 11.5 Å². The topological polar surface area (TPSA) is 125 Å². The number of amides is 1. The predicted octanol–water partition coefficient (Wildman–Crippen LogP) is 5.08. The fourth-order valence-electron chi connectivity index (χ4n) is 5.59. The highest BCUT2D eigenvalue weighted by Gasteiger charge is 2.30. The van der Waals surface area contributed by atoms with Gasteiger partial charge < -0.3 is 25.2 Å². The Morgan fingerprint density at radius 1 is 1.08 bits per heavy atom. The molecule has 1 amide bonds. The second-order valence-corrected chi connectivity index (χ2v) is 11.6. The quantitative estimate of drug-likeness (QED) is 0.175. The minimum absolute atomic E-state index is 0.315. The van der Waals surface area contributed by atoms with Gasteiger partial charge in [-0.1, -0.05) is 12.6 Å². The number of ether oxygens (including phenoxy) is 1. The highest BCUT2D eigenvalue weighted by molar-refractivity contribution is 6.02. The molecule has 1 fully saturated rings. The number of rotatable bonds is 12. The Morgan fingerprint density at radius 2 is 1.94 bits per heavy atom. The number of likely N-dealkylation sites (N-methyl/N-ethyl adjacent to an activating group) is 2. The molecule has 1 aliphatic heterocycles. The smallest absolute Gasteiger partial charge is 0.247 e. The van der Waals surface area contributed by atoms with E-state index >= 15 is 4.39 Å². The maximum Gasteiger partial charge on any atom is 0.247 e. The number of nitrogens with zero attached hydrogens (tertiary/aromatic N) is 8. The van der Waals surface area contributed by atoms with E-state index in [0.29, 0.717) is 53.0 Å². The van der Waals surface area contributed by atoms with Gasteiger partial charge in [0.1, 0.15) is 30.0 Å². The fourth-order valence-corrected chi connectivity index (χ4v) is 5.59. The van der Waals surface area contributed by atoms with Gasteiger partial charge in [0.05, 0.1) is 42.5 Å². The molecular formula is C34H37FN10O3. The highest BCUT2D eigenvalue weighted by Crippen LogP contribution is 2.40. The van der Waals surface area contributed by atoms with Crippen LogP contribution in [0, 0.1) is 5.82 Å². The van der Waals surface area contributed by atoms with Crippen LogP contribution in [0.4, 0.5) is 33.1 Å². The molecule has 3 aromatic heterocycles. The van der Waals surface area contributed by atoms with Gasteiger partial charge in [0, 0.05) is 44.3 Å². The summed E-state index contributed by atoms with van der Waals surface area (Å²) in [7, 11) is 7.54. The molecule has 6 rings (SSSR count). The lowest BCUT2D eigenvalue weighted by molar-refractivity contribution is -0.111. The summed E-state index contributed by atoms with van der Waals surface area (Å²) in [6, 6.07) is 15.6. The second kappa shape index (κ2) is 14.0. The number of anilines is 5. The molecule has 48 heavy (non-hydrogen) atoms. The summed E-state index contributed by atoms with van der Waals surface area (Å²) in [5.74, 6) is 0.772. The maximum atomic E-state index is 15.1. The predicted molar refractivity (Wildman–Crippen MR) is 183 cm³/mol. The van der Waals surface area contributed by atoms with Gasteiger partial charge in [0.2, 0.25) is 5.91 Å². The van der Waals surface area contributed by atoms with Crippen molar-refractivity contribution < 1.29 is 18.8 Å². The third-order valence-corrected chi connectivity index (χ3v) is 8.00. The van der Waals surface area contributed by atoms with E-state index in [0.717, 1.165) is 30.0 Å². The summed E-state index contributed by atoms with van der Waals surface area (Å²) < 4.78 is 22.5. The van der Waals surface area contributed by atoms with Crippen molar-refractivity contribution in [2.75, 3.05) is 68.5 Å². The first-order chi connectivity index (χ1) is 23.2. The Kier molecular flexibility index (Phi) is 9.45. The molecule has 0 unspecified atom stereocenters. The van der Waals surface area contributed by atoms with E-state index in [-0.39, 0.29) is 17.8 Å². The number of nitrogens with one attached hydrogen (secondary N) is 2. The standard InChI is InChI=1S/C34H37FN10O3/c1-6-34(46)41-25-17-26(30(47-5)18-29(25)43(4)12-11-42(2)3)40-31-19-33(37-20-36-31)45-28(10-13-48-45)23-14-22(15-24(35)16-23)27-8-7-9-32-38-21-39-44(27)32/h6-9,14-21,28H,1,10-13H2,2-5H3,(H,41,46)(H,36,37,40)/t28-/m1/s1. The van der Waals surface area contributed by atoms with Gasteiger partial charge in [-0.2, -0.15) is 5.10 Å². The molecular weight excluding hydrogens is 615 g/mol. The zero-order chi connectivity index (χ0) is 33.8. The van der Waals surface area contributed by atoms with E-state index in [1.807, 2.05) is 56.4 Å². The number of fused-ring (bicyclic) bond motifs is 1. The van der Waals surface area contributed by atoms with Crippen LogP contribution in [0.15, 0.2) is 79.9 Å². The van der Waals surface area contributed by atoms with Crippen molar-refractivity contribution in [1.82, 2.24) is 29.5 Å². The molecule has 0 saturated carbocycles. The van der Waals surface area contributed by atoms with Crippen molar-refractivity contribution >= 4 is 40.3 Å². The van der Waals surface area contributed by atoms with Gasteiger partial charge in [0.25, 0.3) is 0 Å². The van der Waals surface area contributed by atoms with Crippen LogP contribution in [0.1, 0.15) is 18.0 Å². The van der Waals surface area contributed by atoms with E-state index < -0.39 is 0 Å². The van der Waals surface area contributed by atoms with E-state index in [9.17, 15) is 4.79 Å². The van der Waals surface area contributed by atoms with Gasteiger partial charge in [-0.05, 0) is 62.1 Å². The number of benzene rings is 2. The van der Waals surface area contributed by atoms with Gasteiger partial charge in [-0.15, -0.1) is 0 Å². The Bertz CT molecular complexity index is 1950. The molecule has 0 radical (unpaired) electrons. The molecule has 0 spiro atoms. The molecule has 0 bridgehead atoms. The molecule has 5 aromatic rings. The fraction of sp³-hybridized carbons (Fsp3) is 0.265. The zero-order valence-corrected chi connectivity index (χ0v) is 27.2. The molecule has 248 valence electrons. The van der Waals surface area contributed by atoms with Crippen molar-refractivity contribution in [3.63, 3.8) is 0 Å². The molecule has 1 saturated heterocycles. The number of hydrogen-bond acceptors (Lipinski definition) is 11. The van der Waals surface area contributed by atoms with Crippen molar-refractivity contribution in [3.05, 3.63) is 91.3 Å². The zero-order valence-electron chi connectivity index (χ0n) is 27.2. The summed E-state index contributed by atoms with van der Waals surface area (Å²) in [4.78, 5) is 35.7. The first-order valence-corrected chi connectivity index (χ1v) is 15.4. The van der Waals surface area contributed by atoms with Crippen molar-refractivity contribution in [1.29, 1.82) is 0 Å². The number of carbonyl (C=O) groups is 1. The number of halogens is 1. The lowest BCUT2D eigenvalue weighted by atomic mass is 10.00. The largest absolute Gasteiger partial charge is 0.494 e. The molecule has 2 aromatic carbocycles. The number of aromatic nitrogens is 5. The van der Waals surface area contributed by atoms with Crippen LogP contribution >= 0.6 is 0 Å². The molecule has 2 N–H and O–H groups in total. The summed E-state index contributed by atoms with van der Waals surface area (Å²) >= 11 is 0. The molecule has 13 nitrogen and oxygen atoms in total. The minimum atomic E-state index is -0.376. The first-order valence-electron chi connectivity index (χ1n) is 15.4. The Labute approximate surface area is 277 Å². The number of hydroxylamine groups is 1. The molecule has 1 aliphatic rings. The average Bonchev–Trinajstić information content (AvgIpc) is 3.78. The van der Waals surface area contributed by atoms with Crippen LogP contribution < -0.4 is 25.3 Å². The van der Waals surface area contributed by atoms with Gasteiger partial charge in [-0.25, -0.2) is 28.9 Å². The van der Waals surface area contributed by atoms with E-state index in [1.54, 1.807) is 28.8 Å². The van der Waals surface area contributed by atoms with Gasteiger partial charge >= 0.3 is 0 Å². The third kappa shape index (κ3) is 6.89. The highest BCUT2D eigenvalue weighted by atomic mass is 19.1. The normalized spacial score (nSPS) is 14.4. The number of methoxy groups -OCH3 is 1. The van der Waals surface area contributed by atoms with Crippen LogP contribution in [0.25, 0.3) is 16.9 Å². The Hall–Kier alpha value is -5.60. The van der Waals surface area contributed by atoms with Crippen molar-refractivity contribution in [2.45, 2.75) is 12.5 Å². The molecule has 1 atom stereocenters. The number of pyridine rings is 1. The van der Waals surface area contributed by atoms with Crippen LogP contribution in [-0.2, 0) is 9.63 Å². The van der Waals surface area contributed by atoms with E-state index in [4.69, 9.17) is 9.57 Å². The monoisotopic (exact) mass is 652 g/mol. The van der Waals surface area contributed by atoms with Crippen molar-refractivity contribution in [3.8, 4) is 17.0 Å². The van der Waals surface area contributed by atoms with Crippen LogP contribution in [0.2, 0.25) is 0 Å². The maximum absolute atomic E-state index is 15.1. The number of carbonyl (C=O) groups excluding carboxylic acids is 1. The second-order valence-electron chi connectivity index (χ2n) is 11.6. The van der Waals surface area contributed by atoms with E-state index in [2.05, 4.69) is 42.2 Å². The summed E-state index contributed by atoms with van der Waals surface area (Å²) in [6.45, 7) is 5.54. The molecule has 14 heteroatoms. The Balaban J connectivity index is 1.29. The lowest BCUT2D eigenvalue weighted by Crippen LogP contribution is -2.29. The average molecular weight is 653 g/mol.